The summed E-state index contributed by atoms with van der Waals surface area (Å²) < 4.78 is 15.0. The van der Waals surface area contributed by atoms with E-state index in [0.717, 1.165) is 12.8 Å². The quantitative estimate of drug-likeness (QED) is 0.771. The van der Waals surface area contributed by atoms with Crippen LogP contribution in [0.4, 0.5) is 4.39 Å². The van der Waals surface area contributed by atoms with Crippen molar-refractivity contribution >= 4 is 5.91 Å². The molecule has 5 nitrogen and oxygen atoms in total. The number of aliphatic hydroxyl groups excluding tert-OH is 1. The molecular formula is C17H22FN3O2. The van der Waals surface area contributed by atoms with E-state index in [1.807, 2.05) is 13.8 Å². The molecule has 1 aromatic heterocycles. The van der Waals surface area contributed by atoms with Crippen LogP contribution in [0.5, 0.6) is 0 Å². The van der Waals surface area contributed by atoms with Crippen LogP contribution in [0.3, 0.4) is 0 Å². The van der Waals surface area contributed by atoms with Gasteiger partial charge in [-0.3, -0.25) is 4.79 Å². The number of aliphatic hydroxyl groups is 1. The van der Waals surface area contributed by atoms with Crippen LogP contribution in [-0.4, -0.2) is 33.9 Å². The fraction of sp³-hybridized carbons (Fsp3) is 0.412. The lowest BCUT2D eigenvalue weighted by Gasteiger charge is -2.21. The fourth-order valence-electron chi connectivity index (χ4n) is 2.16. The molecule has 23 heavy (non-hydrogen) atoms. The molecule has 1 amide bonds. The molecule has 0 radical (unpaired) electrons. The summed E-state index contributed by atoms with van der Waals surface area (Å²) in [5.74, 6) is -0.685. The third kappa shape index (κ3) is 4.63. The third-order valence-electron chi connectivity index (χ3n) is 3.66. The number of halogens is 1. The van der Waals surface area contributed by atoms with Gasteiger partial charge in [0.2, 0.25) is 0 Å². The number of rotatable bonds is 7. The van der Waals surface area contributed by atoms with Crippen molar-refractivity contribution in [1.82, 2.24) is 15.1 Å². The van der Waals surface area contributed by atoms with Gasteiger partial charge in [0.25, 0.3) is 5.91 Å². The molecular weight excluding hydrogens is 297 g/mol. The Kier molecular flexibility index (Phi) is 5.50. The summed E-state index contributed by atoms with van der Waals surface area (Å²) >= 11 is 0. The zero-order chi connectivity index (χ0) is 16.9. The van der Waals surface area contributed by atoms with Crippen molar-refractivity contribution in [2.75, 3.05) is 13.2 Å². The lowest BCUT2D eigenvalue weighted by atomic mass is 9.89. The Morgan fingerprint density at radius 3 is 2.78 bits per heavy atom. The molecule has 2 N–H and O–H groups in total. The van der Waals surface area contributed by atoms with Gasteiger partial charge in [-0.2, -0.15) is 5.10 Å². The Bertz CT molecular complexity index is 667. The number of carbonyl (C=O) groups excluding carboxylic acids is 1. The maximum atomic E-state index is 13.7. The van der Waals surface area contributed by atoms with Gasteiger partial charge in [-0.1, -0.05) is 26.0 Å². The molecule has 0 atom stereocenters. The smallest absolute Gasteiger partial charge is 0.271 e. The largest absolute Gasteiger partial charge is 0.396 e. The first-order valence-corrected chi connectivity index (χ1v) is 7.62. The van der Waals surface area contributed by atoms with Gasteiger partial charge in [-0.15, -0.1) is 0 Å². The molecule has 0 bridgehead atoms. The zero-order valence-corrected chi connectivity index (χ0v) is 13.4. The predicted octanol–water partition coefficient (Wildman–Crippen LogP) is 2.54. The monoisotopic (exact) mass is 319 g/mol. The van der Waals surface area contributed by atoms with Crippen molar-refractivity contribution in [1.29, 1.82) is 0 Å². The van der Waals surface area contributed by atoms with Crippen LogP contribution in [-0.2, 0) is 0 Å². The average Bonchev–Trinajstić information content (AvgIpc) is 3.01. The summed E-state index contributed by atoms with van der Waals surface area (Å²) in [5, 5.41) is 16.1. The molecule has 1 heterocycles. The van der Waals surface area contributed by atoms with Crippen LogP contribution in [0, 0.1) is 11.2 Å². The highest BCUT2D eigenvalue weighted by molar-refractivity contribution is 5.92. The number of carbonyl (C=O) groups is 1. The molecule has 2 aromatic rings. The zero-order valence-electron chi connectivity index (χ0n) is 13.4. The van der Waals surface area contributed by atoms with Crippen LogP contribution >= 0.6 is 0 Å². The molecule has 2 rings (SSSR count). The van der Waals surface area contributed by atoms with Gasteiger partial charge in [0.1, 0.15) is 11.5 Å². The van der Waals surface area contributed by atoms with Gasteiger partial charge in [-0.05, 0) is 36.5 Å². The number of hydrogen-bond acceptors (Lipinski definition) is 3. The van der Waals surface area contributed by atoms with Crippen molar-refractivity contribution in [3.63, 3.8) is 0 Å². The molecule has 124 valence electrons. The normalized spacial score (nSPS) is 11.5. The van der Waals surface area contributed by atoms with Crippen LogP contribution in [0.1, 0.15) is 37.2 Å². The summed E-state index contributed by atoms with van der Waals surface area (Å²) in [7, 11) is 0. The first kappa shape index (κ1) is 17.1. The Morgan fingerprint density at radius 2 is 2.09 bits per heavy atom. The number of benzene rings is 1. The van der Waals surface area contributed by atoms with Crippen LogP contribution < -0.4 is 5.32 Å². The van der Waals surface area contributed by atoms with E-state index in [1.54, 1.807) is 30.5 Å². The molecule has 0 unspecified atom stereocenters. The van der Waals surface area contributed by atoms with Crippen molar-refractivity contribution in [2.24, 2.45) is 5.41 Å². The highest BCUT2D eigenvalue weighted by atomic mass is 19.1. The lowest BCUT2D eigenvalue weighted by Crippen LogP contribution is -2.26. The topological polar surface area (TPSA) is 67.2 Å². The minimum atomic E-state index is -0.395. The fourth-order valence-corrected chi connectivity index (χ4v) is 2.16. The molecule has 0 aliphatic rings. The summed E-state index contributed by atoms with van der Waals surface area (Å²) in [6.45, 7) is 4.58. The van der Waals surface area contributed by atoms with E-state index in [1.165, 1.54) is 10.7 Å². The van der Waals surface area contributed by atoms with E-state index in [4.69, 9.17) is 0 Å². The van der Waals surface area contributed by atoms with Crippen molar-refractivity contribution in [2.45, 2.75) is 26.7 Å². The molecule has 0 saturated carbocycles. The number of amides is 1. The van der Waals surface area contributed by atoms with E-state index >= 15 is 0 Å². The van der Waals surface area contributed by atoms with Crippen LogP contribution in [0.15, 0.2) is 36.5 Å². The molecule has 1 aromatic carbocycles. The van der Waals surface area contributed by atoms with Gasteiger partial charge < -0.3 is 10.4 Å². The Labute approximate surface area is 135 Å². The van der Waals surface area contributed by atoms with Gasteiger partial charge in [-0.25, -0.2) is 9.07 Å². The third-order valence-corrected chi connectivity index (χ3v) is 3.66. The minimum Gasteiger partial charge on any atom is -0.396 e. The van der Waals surface area contributed by atoms with Gasteiger partial charge >= 0.3 is 0 Å². The second-order valence-corrected chi connectivity index (χ2v) is 6.28. The Morgan fingerprint density at radius 1 is 1.35 bits per heavy atom. The van der Waals surface area contributed by atoms with Gasteiger partial charge in [0.05, 0.1) is 0 Å². The first-order chi connectivity index (χ1) is 10.9. The maximum Gasteiger partial charge on any atom is 0.271 e. The van der Waals surface area contributed by atoms with E-state index in [2.05, 4.69) is 10.4 Å². The molecule has 0 saturated heterocycles. The Hall–Kier alpha value is -2.21. The minimum absolute atomic E-state index is 0.119. The summed E-state index contributed by atoms with van der Waals surface area (Å²) in [5.41, 5.74) is 0.405. The number of aromatic nitrogens is 2. The standard InChI is InChI=1S/C17H22FN3O2/c1-17(2,12-22)9-5-10-19-16(23)14-8-11-21(20-14)15-7-4-3-6-13(15)18/h3-4,6-8,11,22H,5,9-10,12H2,1-2H3,(H,19,23). The predicted molar refractivity (Wildman–Crippen MR) is 86.0 cm³/mol. The molecule has 0 aliphatic heterocycles. The van der Waals surface area contributed by atoms with Crippen molar-refractivity contribution in [3.05, 3.63) is 48.0 Å². The molecule has 6 heteroatoms. The number of nitrogens with one attached hydrogen (secondary N) is 1. The van der Waals surface area contributed by atoms with Crippen molar-refractivity contribution < 1.29 is 14.3 Å². The second-order valence-electron chi connectivity index (χ2n) is 6.28. The van der Waals surface area contributed by atoms with Crippen LogP contribution in [0.2, 0.25) is 0 Å². The van der Waals surface area contributed by atoms with E-state index in [0.29, 0.717) is 12.2 Å². The summed E-state index contributed by atoms with van der Waals surface area (Å²) in [6, 6.07) is 7.81. The highest BCUT2D eigenvalue weighted by Gasteiger charge is 2.16. The van der Waals surface area contributed by atoms with Gasteiger partial charge in [0, 0.05) is 19.3 Å². The number of hydrogen-bond donors (Lipinski definition) is 2. The van der Waals surface area contributed by atoms with Crippen LogP contribution in [0.25, 0.3) is 5.69 Å². The van der Waals surface area contributed by atoms with E-state index in [9.17, 15) is 14.3 Å². The second kappa shape index (κ2) is 7.37. The number of para-hydroxylation sites is 1. The average molecular weight is 319 g/mol. The van der Waals surface area contributed by atoms with Gasteiger partial charge in [0.15, 0.2) is 5.69 Å². The summed E-state index contributed by atoms with van der Waals surface area (Å²) in [6.07, 6.45) is 3.14. The lowest BCUT2D eigenvalue weighted by molar-refractivity contribution is 0.0943. The highest BCUT2D eigenvalue weighted by Crippen LogP contribution is 2.20. The van der Waals surface area contributed by atoms with E-state index in [-0.39, 0.29) is 23.6 Å². The molecule has 0 aliphatic carbocycles. The Balaban J connectivity index is 1.91. The molecule has 0 spiro atoms. The van der Waals surface area contributed by atoms with E-state index < -0.39 is 5.82 Å². The maximum absolute atomic E-state index is 13.7. The SMILES string of the molecule is CC(C)(CO)CCCNC(=O)c1ccn(-c2ccccc2F)n1. The summed E-state index contributed by atoms with van der Waals surface area (Å²) in [4.78, 5) is 12.0. The molecule has 0 fully saturated rings. The first-order valence-electron chi connectivity index (χ1n) is 7.62. The number of nitrogens with zero attached hydrogens (tertiary/aromatic N) is 2. The van der Waals surface area contributed by atoms with Crippen molar-refractivity contribution in [3.8, 4) is 5.69 Å².